The molecule has 0 bridgehead atoms. The van der Waals surface area contributed by atoms with Crippen LogP contribution >= 0.6 is 0 Å². The van der Waals surface area contributed by atoms with E-state index < -0.39 is 0 Å². The quantitative estimate of drug-likeness (QED) is 0.718. The molecule has 0 spiro atoms. The molecule has 3 heteroatoms. The Kier molecular flexibility index (Phi) is 5.02. The molecular formula is C15H24N2O. The normalized spacial score (nSPS) is 15.1. The van der Waals surface area contributed by atoms with Gasteiger partial charge in [0.05, 0.1) is 6.61 Å². The minimum atomic E-state index is 0.590. The summed E-state index contributed by atoms with van der Waals surface area (Å²) in [7, 11) is 0. The van der Waals surface area contributed by atoms with E-state index in [0.29, 0.717) is 6.54 Å². The van der Waals surface area contributed by atoms with Crippen molar-refractivity contribution in [2.45, 2.75) is 38.8 Å². The van der Waals surface area contributed by atoms with Crippen LogP contribution in [0.25, 0.3) is 0 Å². The van der Waals surface area contributed by atoms with Crippen molar-refractivity contribution in [3.63, 3.8) is 0 Å². The third-order valence-electron chi connectivity index (χ3n) is 3.49. The van der Waals surface area contributed by atoms with Crippen molar-refractivity contribution in [2.24, 2.45) is 5.73 Å². The van der Waals surface area contributed by atoms with Gasteiger partial charge in [-0.3, -0.25) is 0 Å². The molecule has 0 aromatic heterocycles. The van der Waals surface area contributed by atoms with Gasteiger partial charge in [0.2, 0.25) is 0 Å². The van der Waals surface area contributed by atoms with Crippen LogP contribution in [-0.4, -0.2) is 30.6 Å². The summed E-state index contributed by atoms with van der Waals surface area (Å²) in [6.07, 6.45) is 3.87. The highest BCUT2D eigenvalue weighted by Gasteiger charge is 2.26. The van der Waals surface area contributed by atoms with Crippen molar-refractivity contribution in [1.29, 1.82) is 0 Å². The van der Waals surface area contributed by atoms with Crippen LogP contribution in [0.1, 0.15) is 31.7 Å². The number of hydrogen-bond donors (Lipinski definition) is 1. The third-order valence-corrected chi connectivity index (χ3v) is 3.49. The van der Waals surface area contributed by atoms with E-state index >= 15 is 0 Å². The summed E-state index contributed by atoms with van der Waals surface area (Å²) in [6.45, 7) is 5.95. The van der Waals surface area contributed by atoms with E-state index in [1.54, 1.807) is 0 Å². The van der Waals surface area contributed by atoms with Gasteiger partial charge in [-0.05, 0) is 43.5 Å². The van der Waals surface area contributed by atoms with Crippen molar-refractivity contribution in [2.75, 3.05) is 19.7 Å². The average Bonchev–Trinajstić information content (AvgIpc) is 3.24. The number of nitrogens with two attached hydrogens (primary N) is 1. The standard InChI is InChI=1S/C15H24N2O/c1-2-17(14-6-7-14)10-3-11-18-15-8-4-13(12-16)5-9-15/h4-5,8-9,14H,2-3,6-7,10-12,16H2,1H3. The van der Waals surface area contributed by atoms with Gasteiger partial charge < -0.3 is 15.4 Å². The Morgan fingerprint density at radius 1 is 1.28 bits per heavy atom. The van der Waals surface area contributed by atoms with E-state index in [1.165, 1.54) is 12.8 Å². The zero-order chi connectivity index (χ0) is 12.8. The average molecular weight is 248 g/mol. The predicted molar refractivity (Wildman–Crippen MR) is 74.7 cm³/mol. The van der Waals surface area contributed by atoms with Gasteiger partial charge in [0.15, 0.2) is 0 Å². The van der Waals surface area contributed by atoms with Crippen molar-refractivity contribution in [3.05, 3.63) is 29.8 Å². The third kappa shape index (κ3) is 4.00. The summed E-state index contributed by atoms with van der Waals surface area (Å²) in [5.74, 6) is 0.946. The molecule has 3 nitrogen and oxygen atoms in total. The fourth-order valence-electron chi connectivity index (χ4n) is 2.22. The highest BCUT2D eigenvalue weighted by Crippen LogP contribution is 2.26. The first-order valence-corrected chi connectivity index (χ1v) is 6.99. The zero-order valence-electron chi connectivity index (χ0n) is 11.3. The molecule has 1 aromatic carbocycles. The van der Waals surface area contributed by atoms with Crippen LogP contribution in [-0.2, 0) is 6.54 Å². The van der Waals surface area contributed by atoms with Crippen LogP contribution in [0, 0.1) is 0 Å². The van der Waals surface area contributed by atoms with Gasteiger partial charge in [0.25, 0.3) is 0 Å². The second-order valence-corrected chi connectivity index (χ2v) is 4.91. The molecule has 1 aliphatic rings. The Morgan fingerprint density at radius 3 is 2.56 bits per heavy atom. The van der Waals surface area contributed by atoms with Crippen LogP contribution in [0.5, 0.6) is 5.75 Å². The molecule has 1 aliphatic carbocycles. The lowest BCUT2D eigenvalue weighted by molar-refractivity contribution is 0.235. The largest absolute Gasteiger partial charge is 0.494 e. The first-order valence-electron chi connectivity index (χ1n) is 6.99. The van der Waals surface area contributed by atoms with Crippen molar-refractivity contribution >= 4 is 0 Å². The Morgan fingerprint density at radius 2 is 2.00 bits per heavy atom. The summed E-state index contributed by atoms with van der Waals surface area (Å²) in [5.41, 5.74) is 6.70. The van der Waals surface area contributed by atoms with Crippen molar-refractivity contribution < 1.29 is 4.74 Å². The van der Waals surface area contributed by atoms with E-state index in [0.717, 1.165) is 43.5 Å². The van der Waals surface area contributed by atoms with Gasteiger partial charge in [0.1, 0.15) is 5.75 Å². The lowest BCUT2D eigenvalue weighted by Crippen LogP contribution is -2.27. The van der Waals surface area contributed by atoms with E-state index in [-0.39, 0.29) is 0 Å². The van der Waals surface area contributed by atoms with Gasteiger partial charge in [-0.2, -0.15) is 0 Å². The second kappa shape index (κ2) is 6.76. The predicted octanol–water partition coefficient (Wildman–Crippen LogP) is 2.40. The molecule has 0 saturated heterocycles. The lowest BCUT2D eigenvalue weighted by atomic mass is 10.2. The van der Waals surface area contributed by atoms with E-state index in [2.05, 4.69) is 11.8 Å². The minimum absolute atomic E-state index is 0.590. The molecule has 1 saturated carbocycles. The fourth-order valence-corrected chi connectivity index (χ4v) is 2.22. The van der Waals surface area contributed by atoms with Crippen LogP contribution in [0.2, 0.25) is 0 Å². The molecule has 0 heterocycles. The number of benzene rings is 1. The van der Waals surface area contributed by atoms with E-state index in [9.17, 15) is 0 Å². The zero-order valence-corrected chi connectivity index (χ0v) is 11.3. The van der Waals surface area contributed by atoms with Gasteiger partial charge in [-0.15, -0.1) is 0 Å². The molecular weight excluding hydrogens is 224 g/mol. The van der Waals surface area contributed by atoms with Crippen molar-refractivity contribution in [1.82, 2.24) is 4.90 Å². The smallest absolute Gasteiger partial charge is 0.119 e. The SMILES string of the molecule is CCN(CCCOc1ccc(CN)cc1)C1CC1. The maximum atomic E-state index is 5.73. The molecule has 1 aromatic rings. The number of nitrogens with zero attached hydrogens (tertiary/aromatic N) is 1. The fraction of sp³-hybridized carbons (Fsp3) is 0.600. The molecule has 2 rings (SSSR count). The maximum Gasteiger partial charge on any atom is 0.119 e. The molecule has 1 fully saturated rings. The molecule has 0 radical (unpaired) electrons. The van der Waals surface area contributed by atoms with Crippen LogP contribution < -0.4 is 10.5 Å². The summed E-state index contributed by atoms with van der Waals surface area (Å²) in [6, 6.07) is 8.91. The molecule has 0 unspecified atom stereocenters. The van der Waals surface area contributed by atoms with Crippen molar-refractivity contribution in [3.8, 4) is 5.75 Å². The Hall–Kier alpha value is -1.06. The molecule has 0 amide bonds. The number of hydrogen-bond acceptors (Lipinski definition) is 3. The van der Waals surface area contributed by atoms with Gasteiger partial charge in [-0.25, -0.2) is 0 Å². The molecule has 2 N–H and O–H groups in total. The van der Waals surface area contributed by atoms with Gasteiger partial charge >= 0.3 is 0 Å². The second-order valence-electron chi connectivity index (χ2n) is 4.91. The molecule has 100 valence electrons. The van der Waals surface area contributed by atoms with Gasteiger partial charge in [0, 0.05) is 19.1 Å². The molecule has 0 aliphatic heterocycles. The topological polar surface area (TPSA) is 38.5 Å². The number of ether oxygens (including phenoxy) is 1. The summed E-state index contributed by atoms with van der Waals surface area (Å²) in [4.78, 5) is 2.56. The van der Waals surface area contributed by atoms with E-state index in [1.807, 2.05) is 24.3 Å². The molecule has 0 atom stereocenters. The Labute approximate surface area is 110 Å². The Balaban J connectivity index is 1.64. The minimum Gasteiger partial charge on any atom is -0.494 e. The number of rotatable bonds is 8. The highest BCUT2D eigenvalue weighted by atomic mass is 16.5. The summed E-state index contributed by atoms with van der Waals surface area (Å²) >= 11 is 0. The first kappa shape index (κ1) is 13.4. The maximum absolute atomic E-state index is 5.73. The van der Waals surface area contributed by atoms with Crippen LogP contribution in [0.15, 0.2) is 24.3 Å². The summed E-state index contributed by atoms with van der Waals surface area (Å²) < 4.78 is 5.73. The van der Waals surface area contributed by atoms with Crippen LogP contribution in [0.3, 0.4) is 0 Å². The summed E-state index contributed by atoms with van der Waals surface area (Å²) in [5, 5.41) is 0. The monoisotopic (exact) mass is 248 g/mol. The van der Waals surface area contributed by atoms with Crippen LogP contribution in [0.4, 0.5) is 0 Å². The van der Waals surface area contributed by atoms with E-state index in [4.69, 9.17) is 10.5 Å². The first-order chi connectivity index (χ1) is 8.83. The highest BCUT2D eigenvalue weighted by molar-refractivity contribution is 5.26. The molecule has 18 heavy (non-hydrogen) atoms. The van der Waals surface area contributed by atoms with Gasteiger partial charge in [-0.1, -0.05) is 19.1 Å². The Bertz CT molecular complexity index is 346. The lowest BCUT2D eigenvalue weighted by Gasteiger charge is -2.19.